The van der Waals surface area contributed by atoms with Crippen molar-refractivity contribution in [3.63, 3.8) is 0 Å². The van der Waals surface area contributed by atoms with E-state index >= 15 is 0 Å². The van der Waals surface area contributed by atoms with Crippen molar-refractivity contribution in [3.8, 4) is 0 Å². The van der Waals surface area contributed by atoms with Crippen LogP contribution in [-0.2, 0) is 0 Å². The van der Waals surface area contributed by atoms with Gasteiger partial charge in [-0.2, -0.15) is 0 Å². The lowest BCUT2D eigenvalue weighted by atomic mass is 10.0. The fourth-order valence-electron chi connectivity index (χ4n) is 1.79. The van der Waals surface area contributed by atoms with Crippen molar-refractivity contribution in [1.29, 1.82) is 0 Å². The highest BCUT2D eigenvalue weighted by molar-refractivity contribution is 5.75. The van der Waals surface area contributed by atoms with Crippen molar-refractivity contribution in [2.75, 3.05) is 6.54 Å². The second kappa shape index (κ2) is 4.51. The molecule has 1 aromatic heterocycles. The second-order valence-electron chi connectivity index (χ2n) is 3.92. The molecule has 1 heterocycles. The summed E-state index contributed by atoms with van der Waals surface area (Å²) < 4.78 is 0. The van der Waals surface area contributed by atoms with Crippen molar-refractivity contribution in [2.24, 2.45) is 11.5 Å². The first-order valence-electron chi connectivity index (χ1n) is 5.38. The summed E-state index contributed by atoms with van der Waals surface area (Å²) in [6, 6.07) is 5.69. The summed E-state index contributed by atoms with van der Waals surface area (Å²) in [6.45, 7) is 0.650. The van der Waals surface area contributed by atoms with Crippen LogP contribution in [0.25, 0.3) is 11.0 Å². The van der Waals surface area contributed by atoms with Gasteiger partial charge in [0.25, 0.3) is 0 Å². The van der Waals surface area contributed by atoms with Gasteiger partial charge in [0.2, 0.25) is 0 Å². The van der Waals surface area contributed by atoms with Crippen molar-refractivity contribution >= 4 is 11.0 Å². The molecule has 0 aliphatic carbocycles. The predicted octanol–water partition coefficient (Wildman–Crippen LogP) is 0.595. The van der Waals surface area contributed by atoms with Crippen LogP contribution in [0.1, 0.15) is 24.4 Å². The lowest BCUT2D eigenvalue weighted by molar-refractivity contribution is 0.618. The molecule has 2 rings (SSSR count). The third-order valence-electron chi connectivity index (χ3n) is 2.69. The monoisotopic (exact) mass is 220 g/mol. The lowest BCUT2D eigenvalue weighted by Crippen LogP contribution is -2.12. The van der Waals surface area contributed by atoms with Crippen LogP contribution >= 0.6 is 0 Å². The minimum absolute atomic E-state index is 0.0219. The van der Waals surface area contributed by atoms with Gasteiger partial charge in [0.05, 0.1) is 11.0 Å². The molecule has 86 valence electrons. The Labute approximate surface area is 92.8 Å². The predicted molar refractivity (Wildman–Crippen MR) is 64.1 cm³/mol. The summed E-state index contributed by atoms with van der Waals surface area (Å²) in [5, 5.41) is 0. The average Bonchev–Trinajstić information content (AvgIpc) is 2.64. The van der Waals surface area contributed by atoms with Crippen LogP contribution in [0.2, 0.25) is 0 Å². The maximum Gasteiger partial charge on any atom is 0.323 e. The zero-order valence-electron chi connectivity index (χ0n) is 8.99. The molecule has 2 aromatic rings. The van der Waals surface area contributed by atoms with Crippen LogP contribution in [0.15, 0.2) is 23.0 Å². The highest BCUT2D eigenvalue weighted by atomic mass is 16.1. The number of aromatic nitrogens is 2. The summed E-state index contributed by atoms with van der Waals surface area (Å²) in [5.41, 5.74) is 13.9. The molecule has 1 unspecified atom stereocenters. The van der Waals surface area contributed by atoms with Crippen LogP contribution in [-0.4, -0.2) is 16.5 Å². The summed E-state index contributed by atoms with van der Waals surface area (Å²) >= 11 is 0. The Balaban J connectivity index is 2.27. The molecule has 0 radical (unpaired) electrons. The van der Waals surface area contributed by atoms with E-state index in [-0.39, 0.29) is 11.7 Å². The molecular formula is C11H16N4O. The molecule has 1 atom stereocenters. The average molecular weight is 220 g/mol. The summed E-state index contributed by atoms with van der Waals surface area (Å²) in [6.07, 6.45) is 1.76. The first-order valence-corrected chi connectivity index (χ1v) is 5.38. The minimum atomic E-state index is -0.192. The number of nitrogens with two attached hydrogens (primary N) is 2. The van der Waals surface area contributed by atoms with Gasteiger partial charge >= 0.3 is 5.69 Å². The van der Waals surface area contributed by atoms with Crippen molar-refractivity contribution in [2.45, 2.75) is 18.9 Å². The van der Waals surface area contributed by atoms with Crippen LogP contribution in [0.3, 0.4) is 0 Å². The van der Waals surface area contributed by atoms with Gasteiger partial charge in [-0.1, -0.05) is 6.07 Å². The molecule has 0 aliphatic rings. The molecule has 0 saturated carbocycles. The van der Waals surface area contributed by atoms with E-state index in [0.29, 0.717) is 6.54 Å². The Morgan fingerprint density at radius 2 is 2.00 bits per heavy atom. The Morgan fingerprint density at radius 3 is 2.75 bits per heavy atom. The number of aromatic amines is 2. The SMILES string of the molecule is NCCCC(N)c1ccc2[nH]c(=O)[nH]c2c1. The van der Waals surface area contributed by atoms with Gasteiger partial charge in [-0.25, -0.2) is 4.79 Å². The number of hydrogen-bond acceptors (Lipinski definition) is 3. The van der Waals surface area contributed by atoms with Gasteiger partial charge in [-0.3, -0.25) is 0 Å². The van der Waals surface area contributed by atoms with Gasteiger partial charge in [-0.05, 0) is 37.1 Å². The number of imidazole rings is 1. The summed E-state index contributed by atoms with van der Waals surface area (Å²) in [7, 11) is 0. The number of benzene rings is 1. The van der Waals surface area contributed by atoms with E-state index in [9.17, 15) is 4.79 Å². The Hall–Kier alpha value is -1.59. The highest BCUT2D eigenvalue weighted by Gasteiger charge is 2.07. The molecule has 0 amide bonds. The molecule has 6 N–H and O–H groups in total. The fraction of sp³-hybridized carbons (Fsp3) is 0.364. The molecule has 16 heavy (non-hydrogen) atoms. The van der Waals surface area contributed by atoms with E-state index in [2.05, 4.69) is 9.97 Å². The third kappa shape index (κ3) is 2.15. The van der Waals surface area contributed by atoms with Crippen molar-refractivity contribution < 1.29 is 0 Å². The number of H-pyrrole nitrogens is 2. The highest BCUT2D eigenvalue weighted by Crippen LogP contribution is 2.18. The Kier molecular flexibility index (Phi) is 3.07. The molecule has 0 fully saturated rings. The molecule has 0 bridgehead atoms. The van der Waals surface area contributed by atoms with Gasteiger partial charge < -0.3 is 21.4 Å². The van der Waals surface area contributed by atoms with E-state index in [1.54, 1.807) is 0 Å². The maximum atomic E-state index is 11.1. The van der Waals surface area contributed by atoms with E-state index in [1.807, 2.05) is 18.2 Å². The molecular weight excluding hydrogens is 204 g/mol. The topological polar surface area (TPSA) is 101 Å². The fourth-order valence-corrected chi connectivity index (χ4v) is 1.79. The van der Waals surface area contributed by atoms with Crippen LogP contribution < -0.4 is 17.2 Å². The van der Waals surface area contributed by atoms with Gasteiger partial charge in [0, 0.05) is 6.04 Å². The quantitative estimate of drug-likeness (QED) is 0.606. The minimum Gasteiger partial charge on any atom is -0.330 e. The zero-order valence-corrected chi connectivity index (χ0v) is 8.99. The van der Waals surface area contributed by atoms with E-state index in [1.165, 1.54) is 0 Å². The number of nitrogens with one attached hydrogen (secondary N) is 2. The summed E-state index contributed by atoms with van der Waals surface area (Å²) in [5.74, 6) is 0. The largest absolute Gasteiger partial charge is 0.330 e. The van der Waals surface area contributed by atoms with Crippen LogP contribution in [0.4, 0.5) is 0 Å². The number of rotatable bonds is 4. The van der Waals surface area contributed by atoms with Crippen molar-refractivity contribution in [1.82, 2.24) is 9.97 Å². The molecule has 0 aliphatic heterocycles. The number of hydrogen-bond donors (Lipinski definition) is 4. The standard InChI is InChI=1S/C11H16N4O/c12-5-1-2-8(13)7-3-4-9-10(6-7)15-11(16)14-9/h3-4,6,8H,1-2,5,12-13H2,(H2,14,15,16). The third-order valence-corrected chi connectivity index (χ3v) is 2.69. The molecule has 1 aromatic carbocycles. The van der Waals surface area contributed by atoms with Crippen LogP contribution in [0, 0.1) is 0 Å². The molecule has 0 saturated heterocycles. The first kappa shape index (κ1) is 10.9. The first-order chi connectivity index (χ1) is 7.70. The smallest absolute Gasteiger partial charge is 0.323 e. The second-order valence-corrected chi connectivity index (χ2v) is 3.92. The van der Waals surface area contributed by atoms with E-state index in [4.69, 9.17) is 11.5 Å². The normalized spacial score (nSPS) is 13.1. The van der Waals surface area contributed by atoms with E-state index < -0.39 is 0 Å². The molecule has 0 spiro atoms. The van der Waals surface area contributed by atoms with Crippen molar-refractivity contribution in [3.05, 3.63) is 34.2 Å². The number of fused-ring (bicyclic) bond motifs is 1. The summed E-state index contributed by atoms with van der Waals surface area (Å²) in [4.78, 5) is 16.5. The van der Waals surface area contributed by atoms with Crippen LogP contribution in [0.5, 0.6) is 0 Å². The Morgan fingerprint density at radius 1 is 1.25 bits per heavy atom. The molecule has 5 heteroatoms. The van der Waals surface area contributed by atoms with Gasteiger partial charge in [0.1, 0.15) is 0 Å². The maximum absolute atomic E-state index is 11.1. The Bertz CT molecular complexity index is 528. The van der Waals surface area contributed by atoms with Gasteiger partial charge in [-0.15, -0.1) is 0 Å². The molecule has 5 nitrogen and oxygen atoms in total. The van der Waals surface area contributed by atoms with Gasteiger partial charge in [0.15, 0.2) is 0 Å². The van der Waals surface area contributed by atoms with E-state index in [0.717, 1.165) is 29.4 Å². The lowest BCUT2D eigenvalue weighted by Gasteiger charge is -2.10. The zero-order chi connectivity index (χ0) is 11.5.